The van der Waals surface area contributed by atoms with E-state index >= 15 is 0 Å². The van der Waals surface area contributed by atoms with Crippen LogP contribution in [-0.2, 0) is 22.6 Å². The molecule has 0 atom stereocenters. The molecule has 2 aromatic rings. The van der Waals surface area contributed by atoms with Crippen LogP contribution in [0.25, 0.3) is 0 Å². The summed E-state index contributed by atoms with van der Waals surface area (Å²) in [5.74, 6) is 1.93. The van der Waals surface area contributed by atoms with E-state index in [-0.39, 0.29) is 25.0 Å². The van der Waals surface area contributed by atoms with Crippen LogP contribution in [0.3, 0.4) is 0 Å². The summed E-state index contributed by atoms with van der Waals surface area (Å²) >= 11 is 0. The maximum Gasteiger partial charge on any atom is 0.224 e. The van der Waals surface area contributed by atoms with Gasteiger partial charge in [0.1, 0.15) is 5.75 Å². The van der Waals surface area contributed by atoms with Gasteiger partial charge in [0.2, 0.25) is 11.8 Å². The van der Waals surface area contributed by atoms with Crippen LogP contribution in [0.4, 0.5) is 5.69 Å². The van der Waals surface area contributed by atoms with Crippen molar-refractivity contribution in [3.05, 3.63) is 47.5 Å². The van der Waals surface area contributed by atoms with Crippen molar-refractivity contribution >= 4 is 17.5 Å². The lowest BCUT2D eigenvalue weighted by atomic mass is 10.0. The van der Waals surface area contributed by atoms with E-state index in [1.807, 2.05) is 30.3 Å². The Kier molecular flexibility index (Phi) is 8.33. The van der Waals surface area contributed by atoms with Gasteiger partial charge in [-0.3, -0.25) is 9.59 Å². The largest absolute Gasteiger partial charge is 0.494 e. The van der Waals surface area contributed by atoms with Crippen molar-refractivity contribution in [1.29, 1.82) is 0 Å². The van der Waals surface area contributed by atoms with Crippen LogP contribution in [-0.4, -0.2) is 55.8 Å². The minimum absolute atomic E-state index is 0.0326. The zero-order valence-electron chi connectivity index (χ0n) is 18.6. The van der Waals surface area contributed by atoms with E-state index < -0.39 is 0 Å². The van der Waals surface area contributed by atoms with Gasteiger partial charge in [0.15, 0.2) is 11.5 Å². The minimum atomic E-state index is -0.110. The number of rotatable bonds is 11. The van der Waals surface area contributed by atoms with Crippen molar-refractivity contribution in [1.82, 2.24) is 4.90 Å². The molecule has 8 heteroatoms. The van der Waals surface area contributed by atoms with E-state index in [2.05, 4.69) is 5.32 Å². The van der Waals surface area contributed by atoms with Gasteiger partial charge in [0.05, 0.1) is 27.4 Å². The third kappa shape index (κ3) is 6.13. The van der Waals surface area contributed by atoms with Crippen molar-refractivity contribution in [3.8, 4) is 17.2 Å². The second-order valence-electron chi connectivity index (χ2n) is 7.55. The van der Waals surface area contributed by atoms with Crippen molar-refractivity contribution in [2.45, 2.75) is 32.2 Å². The fraction of sp³-hybridized carbons (Fsp3) is 0.417. The van der Waals surface area contributed by atoms with Gasteiger partial charge in [0, 0.05) is 31.6 Å². The van der Waals surface area contributed by atoms with Gasteiger partial charge >= 0.3 is 0 Å². The highest BCUT2D eigenvalue weighted by atomic mass is 16.5. The molecule has 2 amide bonds. The summed E-state index contributed by atoms with van der Waals surface area (Å²) in [5, 5.41) is 12.2. The number of amides is 2. The fourth-order valence-corrected chi connectivity index (χ4v) is 3.63. The van der Waals surface area contributed by atoms with Crippen LogP contribution in [0.1, 0.15) is 30.4 Å². The van der Waals surface area contributed by atoms with Crippen LogP contribution < -0.4 is 19.5 Å². The summed E-state index contributed by atoms with van der Waals surface area (Å²) in [7, 11) is 3.14. The number of carbonyl (C=O) groups is 2. The Labute approximate surface area is 188 Å². The number of methoxy groups -OCH3 is 2. The highest BCUT2D eigenvalue weighted by Crippen LogP contribution is 2.28. The van der Waals surface area contributed by atoms with Crippen molar-refractivity contribution in [3.63, 3.8) is 0 Å². The number of carbonyl (C=O) groups excluding carboxylic acids is 2. The average Bonchev–Trinajstić information content (AvgIpc) is 2.81. The van der Waals surface area contributed by atoms with Crippen LogP contribution in [0, 0.1) is 0 Å². The number of nitrogens with one attached hydrogen (secondary N) is 1. The molecular weight excluding hydrogens is 412 g/mol. The molecule has 1 aliphatic heterocycles. The number of hydrogen-bond acceptors (Lipinski definition) is 6. The predicted octanol–water partition coefficient (Wildman–Crippen LogP) is 2.77. The molecule has 1 aliphatic rings. The molecule has 8 nitrogen and oxygen atoms in total. The molecule has 0 saturated carbocycles. The van der Waals surface area contributed by atoms with E-state index in [4.69, 9.17) is 14.2 Å². The minimum Gasteiger partial charge on any atom is -0.494 e. The van der Waals surface area contributed by atoms with Crippen LogP contribution in [0.5, 0.6) is 17.2 Å². The lowest BCUT2D eigenvalue weighted by Gasteiger charge is -2.22. The molecule has 0 bridgehead atoms. The van der Waals surface area contributed by atoms with Gasteiger partial charge in [-0.05, 0) is 54.3 Å². The Morgan fingerprint density at radius 3 is 2.66 bits per heavy atom. The maximum atomic E-state index is 12.7. The fourth-order valence-electron chi connectivity index (χ4n) is 3.63. The summed E-state index contributed by atoms with van der Waals surface area (Å²) in [6.45, 7) is 0.920. The van der Waals surface area contributed by atoms with Crippen molar-refractivity contribution in [2.75, 3.05) is 39.3 Å². The van der Waals surface area contributed by atoms with Gasteiger partial charge in [-0.25, -0.2) is 0 Å². The normalized spacial score (nSPS) is 12.5. The molecule has 2 aromatic carbocycles. The number of nitrogens with zero attached hydrogens (tertiary/aromatic N) is 1. The summed E-state index contributed by atoms with van der Waals surface area (Å²) < 4.78 is 16.4. The summed E-state index contributed by atoms with van der Waals surface area (Å²) in [6, 6.07) is 11.1. The molecule has 0 unspecified atom stereocenters. The van der Waals surface area contributed by atoms with Gasteiger partial charge < -0.3 is 29.5 Å². The van der Waals surface area contributed by atoms with Crippen LogP contribution in [0.15, 0.2) is 36.4 Å². The third-order valence-corrected chi connectivity index (χ3v) is 5.32. The molecule has 0 fully saturated rings. The van der Waals surface area contributed by atoms with E-state index in [1.165, 1.54) is 0 Å². The summed E-state index contributed by atoms with van der Waals surface area (Å²) in [5.41, 5.74) is 2.78. The quantitative estimate of drug-likeness (QED) is 0.520. The molecule has 172 valence electrons. The van der Waals surface area contributed by atoms with Crippen molar-refractivity contribution in [2.24, 2.45) is 0 Å². The first kappa shape index (κ1) is 23.4. The molecule has 0 radical (unpaired) electrons. The standard InChI is InChI=1S/C24H30N2O6/c1-30-21-9-5-17(14-22(21)31-2)16-26(11-12-27)24(29)4-3-13-32-19-7-8-20-18(15-19)6-10-23(28)25-20/h5,7-9,14-15,27H,3-4,6,10-13,16H2,1-2H3,(H,25,28). The molecule has 1 heterocycles. The topological polar surface area (TPSA) is 97.3 Å². The zero-order valence-corrected chi connectivity index (χ0v) is 18.6. The van der Waals surface area contributed by atoms with E-state index in [9.17, 15) is 14.7 Å². The zero-order chi connectivity index (χ0) is 22.9. The molecule has 3 rings (SSSR count). The highest BCUT2D eigenvalue weighted by molar-refractivity contribution is 5.94. The number of fused-ring (bicyclic) bond motifs is 1. The molecular formula is C24H30N2O6. The first-order chi connectivity index (χ1) is 15.5. The summed E-state index contributed by atoms with van der Waals surface area (Å²) in [6.07, 6.45) is 2.05. The lowest BCUT2D eigenvalue weighted by Crippen LogP contribution is -2.33. The number of ether oxygens (including phenoxy) is 3. The Hall–Kier alpha value is -3.26. The lowest BCUT2D eigenvalue weighted by molar-refractivity contribution is -0.132. The Balaban J connectivity index is 1.50. The smallest absolute Gasteiger partial charge is 0.224 e. The van der Waals surface area contributed by atoms with Crippen LogP contribution >= 0.6 is 0 Å². The van der Waals surface area contributed by atoms with Gasteiger partial charge in [-0.2, -0.15) is 0 Å². The first-order valence-corrected chi connectivity index (χ1v) is 10.7. The average molecular weight is 443 g/mol. The van der Waals surface area contributed by atoms with Gasteiger partial charge in [0.25, 0.3) is 0 Å². The number of aliphatic hydroxyl groups excluding tert-OH is 1. The number of anilines is 1. The molecule has 32 heavy (non-hydrogen) atoms. The number of aryl methyl sites for hydroxylation is 1. The molecule has 0 spiro atoms. The summed E-state index contributed by atoms with van der Waals surface area (Å²) in [4.78, 5) is 25.8. The number of aliphatic hydroxyl groups is 1. The molecule has 0 saturated heterocycles. The van der Waals surface area contributed by atoms with Gasteiger partial charge in [-0.15, -0.1) is 0 Å². The van der Waals surface area contributed by atoms with E-state index in [1.54, 1.807) is 25.2 Å². The number of benzene rings is 2. The van der Waals surface area contributed by atoms with E-state index in [0.717, 1.165) is 22.6 Å². The second kappa shape index (κ2) is 11.4. The Morgan fingerprint density at radius 1 is 1.09 bits per heavy atom. The molecule has 2 N–H and O–H groups in total. The first-order valence-electron chi connectivity index (χ1n) is 10.7. The second-order valence-corrected chi connectivity index (χ2v) is 7.55. The van der Waals surface area contributed by atoms with Crippen LogP contribution in [0.2, 0.25) is 0 Å². The number of hydrogen-bond donors (Lipinski definition) is 2. The predicted molar refractivity (Wildman–Crippen MR) is 120 cm³/mol. The molecule has 0 aromatic heterocycles. The Morgan fingerprint density at radius 2 is 1.91 bits per heavy atom. The van der Waals surface area contributed by atoms with Gasteiger partial charge in [-0.1, -0.05) is 6.07 Å². The highest BCUT2D eigenvalue weighted by Gasteiger charge is 2.16. The van der Waals surface area contributed by atoms with Crippen molar-refractivity contribution < 1.29 is 28.9 Å². The monoisotopic (exact) mass is 442 g/mol. The van der Waals surface area contributed by atoms with E-state index in [0.29, 0.717) is 50.3 Å². The molecule has 0 aliphatic carbocycles. The Bertz CT molecular complexity index is 946. The third-order valence-electron chi connectivity index (χ3n) is 5.32. The SMILES string of the molecule is COc1ccc(CN(CCO)C(=O)CCCOc2ccc3c(c2)CCC(=O)N3)cc1OC. The maximum absolute atomic E-state index is 12.7.